The lowest BCUT2D eigenvalue weighted by atomic mass is 10.1. The van der Waals surface area contributed by atoms with Gasteiger partial charge in [0.25, 0.3) is 0 Å². The Morgan fingerprint density at radius 1 is 1.37 bits per heavy atom. The monoisotopic (exact) mass is 404 g/mol. The van der Waals surface area contributed by atoms with Gasteiger partial charge in [0.05, 0.1) is 5.69 Å². The highest BCUT2D eigenvalue weighted by molar-refractivity contribution is 5.94. The highest BCUT2D eigenvalue weighted by atomic mass is 16.3. The molecule has 2 amide bonds. The molecule has 0 aliphatic carbocycles. The van der Waals surface area contributed by atoms with Gasteiger partial charge in [-0.15, -0.1) is 0 Å². The maximum absolute atomic E-state index is 12.7. The number of nitrogens with one attached hydrogen (secondary N) is 1. The number of carbonyl (C=O) groups excluding carboxylic acids is 2. The van der Waals surface area contributed by atoms with Gasteiger partial charge in [0.2, 0.25) is 11.8 Å². The van der Waals surface area contributed by atoms with Crippen LogP contribution in [-0.4, -0.2) is 28.7 Å². The largest absolute Gasteiger partial charge is 0.459 e. The van der Waals surface area contributed by atoms with Crippen molar-refractivity contribution in [3.8, 4) is 0 Å². The summed E-state index contributed by atoms with van der Waals surface area (Å²) in [6, 6.07) is 7.60. The van der Waals surface area contributed by atoms with Crippen molar-refractivity contribution in [1.29, 1.82) is 0 Å². The number of likely N-dealkylation sites (N-methyl/N-ethyl adjacent to an activating group) is 1. The summed E-state index contributed by atoms with van der Waals surface area (Å²) >= 11 is 0. The number of hydrogen-bond acceptors (Lipinski definition) is 5. The minimum Gasteiger partial charge on any atom is -0.459 e. The summed E-state index contributed by atoms with van der Waals surface area (Å²) in [5.41, 5.74) is 9.99. The molecule has 0 radical (unpaired) electrons. The van der Waals surface area contributed by atoms with Crippen molar-refractivity contribution in [3.05, 3.63) is 59.0 Å². The normalized spacial score (nSPS) is 13.9. The van der Waals surface area contributed by atoms with Gasteiger partial charge in [0, 0.05) is 43.2 Å². The van der Waals surface area contributed by atoms with Crippen molar-refractivity contribution in [3.63, 3.8) is 0 Å². The van der Waals surface area contributed by atoms with E-state index in [0.717, 1.165) is 40.7 Å². The molecule has 0 bridgehead atoms. The van der Waals surface area contributed by atoms with Crippen LogP contribution in [0.15, 0.2) is 41.0 Å². The van der Waals surface area contributed by atoms with E-state index in [1.54, 1.807) is 30.3 Å². The van der Waals surface area contributed by atoms with Crippen LogP contribution >= 0.6 is 0 Å². The van der Waals surface area contributed by atoms with Crippen LogP contribution in [0.1, 0.15) is 35.3 Å². The first-order valence-electron chi connectivity index (χ1n) is 9.91. The van der Waals surface area contributed by atoms with Gasteiger partial charge in [-0.1, -0.05) is 12.1 Å². The molecule has 4 rings (SSSR count). The Hall–Kier alpha value is -3.61. The van der Waals surface area contributed by atoms with Gasteiger partial charge in [-0.2, -0.15) is 0 Å². The Kier molecular flexibility index (Phi) is 5.27. The van der Waals surface area contributed by atoms with Gasteiger partial charge in [0.1, 0.15) is 11.6 Å². The lowest BCUT2D eigenvalue weighted by Gasteiger charge is -2.15. The summed E-state index contributed by atoms with van der Waals surface area (Å²) < 4.78 is 5.79. The SMILES string of the molecule is Cc1oc2c(N)cccc2c1CN(C)C(=O)/C=C/c1cnc2c(c1)CCCC(=O)N2. The maximum Gasteiger partial charge on any atom is 0.246 e. The molecule has 7 nitrogen and oxygen atoms in total. The van der Waals surface area contributed by atoms with Crippen LogP contribution in [0.4, 0.5) is 11.5 Å². The number of rotatable bonds is 4. The van der Waals surface area contributed by atoms with E-state index in [4.69, 9.17) is 10.2 Å². The summed E-state index contributed by atoms with van der Waals surface area (Å²) in [6.07, 6.45) is 7.01. The van der Waals surface area contributed by atoms with E-state index in [0.29, 0.717) is 30.1 Å². The van der Waals surface area contributed by atoms with Crippen LogP contribution in [0.2, 0.25) is 0 Å². The highest BCUT2D eigenvalue weighted by Crippen LogP contribution is 2.30. The molecule has 1 aliphatic rings. The Labute approximate surface area is 174 Å². The number of pyridine rings is 1. The first-order valence-corrected chi connectivity index (χ1v) is 9.91. The number of anilines is 2. The van der Waals surface area contributed by atoms with Gasteiger partial charge < -0.3 is 20.4 Å². The van der Waals surface area contributed by atoms with Crippen LogP contribution in [0, 0.1) is 6.92 Å². The number of benzene rings is 1. The van der Waals surface area contributed by atoms with Crippen molar-refractivity contribution < 1.29 is 14.0 Å². The van der Waals surface area contributed by atoms with Crippen LogP contribution in [0.5, 0.6) is 0 Å². The average Bonchev–Trinajstić information content (AvgIpc) is 2.92. The zero-order valence-corrected chi connectivity index (χ0v) is 17.1. The molecule has 0 fully saturated rings. The predicted molar refractivity (Wildman–Crippen MR) is 117 cm³/mol. The van der Waals surface area contributed by atoms with Crippen LogP contribution in [-0.2, 0) is 22.6 Å². The van der Waals surface area contributed by atoms with Crippen LogP contribution < -0.4 is 11.1 Å². The topological polar surface area (TPSA) is 101 Å². The second kappa shape index (κ2) is 8.02. The second-order valence-electron chi connectivity index (χ2n) is 7.57. The quantitative estimate of drug-likeness (QED) is 0.510. The molecule has 1 aromatic carbocycles. The van der Waals surface area contributed by atoms with E-state index in [1.165, 1.54) is 6.08 Å². The first kappa shape index (κ1) is 19.7. The molecule has 0 spiro atoms. The molecule has 0 saturated carbocycles. The number of amides is 2. The first-order chi connectivity index (χ1) is 14.4. The zero-order chi connectivity index (χ0) is 21.3. The number of para-hydroxylation sites is 1. The number of aromatic nitrogens is 1. The highest BCUT2D eigenvalue weighted by Gasteiger charge is 2.17. The number of aryl methyl sites for hydroxylation is 2. The number of nitrogen functional groups attached to an aromatic ring is 1. The summed E-state index contributed by atoms with van der Waals surface area (Å²) in [5, 5.41) is 3.74. The van der Waals surface area contributed by atoms with E-state index in [-0.39, 0.29) is 11.8 Å². The molecule has 0 unspecified atom stereocenters. The van der Waals surface area contributed by atoms with E-state index in [1.807, 2.05) is 25.1 Å². The third kappa shape index (κ3) is 3.91. The average molecular weight is 404 g/mol. The summed E-state index contributed by atoms with van der Waals surface area (Å²) in [7, 11) is 1.75. The van der Waals surface area contributed by atoms with Crippen molar-refractivity contribution in [2.45, 2.75) is 32.7 Å². The van der Waals surface area contributed by atoms with Gasteiger partial charge in [-0.3, -0.25) is 9.59 Å². The Morgan fingerprint density at radius 3 is 3.03 bits per heavy atom. The fourth-order valence-corrected chi connectivity index (χ4v) is 3.67. The smallest absolute Gasteiger partial charge is 0.246 e. The minimum atomic E-state index is -0.129. The molecule has 0 saturated heterocycles. The van der Waals surface area contributed by atoms with Crippen molar-refractivity contribution in [2.75, 3.05) is 18.1 Å². The molecule has 7 heteroatoms. The van der Waals surface area contributed by atoms with Gasteiger partial charge in [-0.05, 0) is 49.1 Å². The summed E-state index contributed by atoms with van der Waals surface area (Å²) in [4.78, 5) is 30.3. The van der Waals surface area contributed by atoms with E-state index < -0.39 is 0 Å². The maximum atomic E-state index is 12.7. The number of furan rings is 1. The molecule has 30 heavy (non-hydrogen) atoms. The third-order valence-corrected chi connectivity index (χ3v) is 5.34. The molecule has 3 N–H and O–H groups in total. The second-order valence-corrected chi connectivity index (χ2v) is 7.57. The van der Waals surface area contributed by atoms with Crippen molar-refractivity contribution >= 4 is 40.4 Å². The third-order valence-electron chi connectivity index (χ3n) is 5.34. The van der Waals surface area contributed by atoms with Gasteiger partial charge in [0.15, 0.2) is 5.58 Å². The predicted octanol–water partition coefficient (Wildman–Crippen LogP) is 3.67. The summed E-state index contributed by atoms with van der Waals surface area (Å²) in [5.74, 6) is 1.23. The van der Waals surface area contributed by atoms with E-state index >= 15 is 0 Å². The van der Waals surface area contributed by atoms with Crippen molar-refractivity contribution in [2.24, 2.45) is 0 Å². The number of hydrogen-bond donors (Lipinski definition) is 2. The Balaban J connectivity index is 1.49. The van der Waals surface area contributed by atoms with E-state index in [9.17, 15) is 9.59 Å². The van der Waals surface area contributed by atoms with Gasteiger partial charge >= 0.3 is 0 Å². The molecule has 3 heterocycles. The number of fused-ring (bicyclic) bond motifs is 2. The fraction of sp³-hybridized carbons (Fsp3) is 0.261. The molecule has 154 valence electrons. The molecular formula is C23H24N4O3. The molecule has 0 atom stereocenters. The Morgan fingerprint density at radius 2 is 2.20 bits per heavy atom. The summed E-state index contributed by atoms with van der Waals surface area (Å²) in [6.45, 7) is 2.29. The molecule has 2 aromatic heterocycles. The van der Waals surface area contributed by atoms with Crippen LogP contribution in [0.25, 0.3) is 17.0 Å². The van der Waals surface area contributed by atoms with E-state index in [2.05, 4.69) is 10.3 Å². The molecular weight excluding hydrogens is 380 g/mol. The Bertz CT molecular complexity index is 1160. The fourth-order valence-electron chi connectivity index (χ4n) is 3.67. The minimum absolute atomic E-state index is 0.00911. The number of nitrogens with two attached hydrogens (primary N) is 1. The number of carbonyl (C=O) groups is 2. The zero-order valence-electron chi connectivity index (χ0n) is 17.1. The van der Waals surface area contributed by atoms with Crippen LogP contribution in [0.3, 0.4) is 0 Å². The van der Waals surface area contributed by atoms with Gasteiger partial charge in [-0.25, -0.2) is 4.98 Å². The standard InChI is InChI=1S/C23H24N4O3/c1-14-18(17-6-4-7-19(24)22(17)30-14)13-27(2)21(29)10-9-15-11-16-5-3-8-20(28)26-23(16)25-12-15/h4,6-7,9-12H,3,5,8,13,24H2,1-2H3,(H,25,26,28)/b10-9+. The lowest BCUT2D eigenvalue weighted by molar-refractivity contribution is -0.125. The molecule has 1 aliphatic heterocycles. The number of nitrogens with zero attached hydrogens (tertiary/aromatic N) is 2. The lowest BCUT2D eigenvalue weighted by Crippen LogP contribution is -2.24. The molecule has 3 aromatic rings. The van der Waals surface area contributed by atoms with Crippen molar-refractivity contribution in [1.82, 2.24) is 9.88 Å².